The second kappa shape index (κ2) is 5.74. The Morgan fingerprint density at radius 3 is 2.82 bits per heavy atom. The molecule has 0 atom stereocenters. The minimum absolute atomic E-state index is 0.0867. The molecule has 0 N–H and O–H groups in total. The Morgan fingerprint density at radius 2 is 2.18 bits per heavy atom. The number of morpholine rings is 1. The average molecular weight is 240 g/mol. The summed E-state index contributed by atoms with van der Waals surface area (Å²) < 4.78 is 6.88. The summed E-state index contributed by atoms with van der Waals surface area (Å²) in [7, 11) is 0. The summed E-state index contributed by atoms with van der Waals surface area (Å²) in [5, 5.41) is 14.3. The van der Waals surface area contributed by atoms with Gasteiger partial charge in [-0.1, -0.05) is 0 Å². The highest BCUT2D eigenvalue weighted by molar-refractivity contribution is 5.13. The van der Waals surface area contributed by atoms with Crippen molar-refractivity contribution in [1.82, 2.24) is 14.7 Å². The maximum Gasteiger partial charge on any atom is 0.389 e. The van der Waals surface area contributed by atoms with E-state index < -0.39 is 4.92 Å². The van der Waals surface area contributed by atoms with Gasteiger partial charge in [-0.15, -0.1) is 0 Å². The lowest BCUT2D eigenvalue weighted by Crippen LogP contribution is -2.37. The SMILES string of the molecule is O=[N+]([O-])c1ccn(CCCN2CCOCC2)n1. The van der Waals surface area contributed by atoms with Gasteiger partial charge in [-0.2, -0.15) is 4.68 Å². The molecular weight excluding hydrogens is 224 g/mol. The van der Waals surface area contributed by atoms with Crippen molar-refractivity contribution in [3.63, 3.8) is 0 Å². The first-order chi connectivity index (χ1) is 8.25. The Morgan fingerprint density at radius 1 is 1.41 bits per heavy atom. The first-order valence-corrected chi connectivity index (χ1v) is 5.73. The summed E-state index contributed by atoms with van der Waals surface area (Å²) in [5.74, 6) is -0.0867. The molecule has 17 heavy (non-hydrogen) atoms. The molecule has 0 unspecified atom stereocenters. The van der Waals surface area contributed by atoms with Crippen molar-refractivity contribution in [2.24, 2.45) is 0 Å². The molecule has 7 heteroatoms. The lowest BCUT2D eigenvalue weighted by molar-refractivity contribution is -0.389. The fourth-order valence-electron chi connectivity index (χ4n) is 1.85. The molecule has 1 saturated heterocycles. The minimum Gasteiger partial charge on any atom is -0.379 e. The number of aryl methyl sites for hydroxylation is 1. The Labute approximate surface area is 99.1 Å². The fourth-order valence-corrected chi connectivity index (χ4v) is 1.85. The molecule has 2 rings (SSSR count). The standard InChI is InChI=1S/C10H16N4O3/c15-14(16)10-2-5-13(11-10)4-1-3-12-6-8-17-9-7-12/h2,5H,1,3-4,6-9H2. The zero-order valence-corrected chi connectivity index (χ0v) is 9.62. The van der Waals surface area contributed by atoms with Gasteiger partial charge in [0.1, 0.15) is 0 Å². The van der Waals surface area contributed by atoms with Gasteiger partial charge in [0, 0.05) is 19.6 Å². The molecule has 1 aliphatic heterocycles. The van der Waals surface area contributed by atoms with Crippen LogP contribution in [0.3, 0.4) is 0 Å². The molecule has 1 aliphatic rings. The molecule has 0 aromatic carbocycles. The van der Waals surface area contributed by atoms with Crippen LogP contribution in [0.2, 0.25) is 0 Å². The van der Waals surface area contributed by atoms with E-state index in [9.17, 15) is 10.1 Å². The van der Waals surface area contributed by atoms with Crippen molar-refractivity contribution in [1.29, 1.82) is 0 Å². The number of hydrogen-bond donors (Lipinski definition) is 0. The second-order valence-electron chi connectivity index (χ2n) is 4.00. The first kappa shape index (κ1) is 12.0. The smallest absolute Gasteiger partial charge is 0.379 e. The van der Waals surface area contributed by atoms with Crippen LogP contribution in [-0.4, -0.2) is 52.5 Å². The van der Waals surface area contributed by atoms with Gasteiger partial charge in [-0.25, -0.2) is 0 Å². The van der Waals surface area contributed by atoms with Gasteiger partial charge in [0.2, 0.25) is 0 Å². The van der Waals surface area contributed by atoms with Gasteiger partial charge in [0.05, 0.1) is 37.1 Å². The topological polar surface area (TPSA) is 73.4 Å². The molecule has 0 spiro atoms. The van der Waals surface area contributed by atoms with Crippen molar-refractivity contribution in [2.75, 3.05) is 32.8 Å². The van der Waals surface area contributed by atoms with Gasteiger partial charge in [0.25, 0.3) is 0 Å². The number of nitrogens with zero attached hydrogens (tertiary/aromatic N) is 4. The van der Waals surface area contributed by atoms with E-state index >= 15 is 0 Å². The van der Waals surface area contributed by atoms with Gasteiger partial charge >= 0.3 is 5.82 Å². The molecule has 0 amide bonds. The van der Waals surface area contributed by atoms with E-state index in [1.54, 1.807) is 10.9 Å². The maximum atomic E-state index is 10.4. The number of hydrogen-bond acceptors (Lipinski definition) is 5. The van der Waals surface area contributed by atoms with Crippen LogP contribution in [0.5, 0.6) is 0 Å². The zero-order valence-electron chi connectivity index (χ0n) is 9.62. The Balaban J connectivity index is 1.71. The molecule has 0 aliphatic carbocycles. The van der Waals surface area contributed by atoms with Crippen molar-refractivity contribution in [3.8, 4) is 0 Å². The molecule has 1 fully saturated rings. The zero-order chi connectivity index (χ0) is 12.1. The third kappa shape index (κ3) is 3.50. The average Bonchev–Trinajstić information content (AvgIpc) is 2.79. The maximum absolute atomic E-state index is 10.4. The predicted octanol–water partition coefficient (Wildman–Crippen LogP) is 0.514. The van der Waals surface area contributed by atoms with E-state index in [1.165, 1.54) is 6.07 Å². The van der Waals surface area contributed by atoms with E-state index in [0.29, 0.717) is 6.54 Å². The van der Waals surface area contributed by atoms with E-state index in [-0.39, 0.29) is 5.82 Å². The van der Waals surface area contributed by atoms with Crippen LogP contribution in [0, 0.1) is 10.1 Å². The normalized spacial score (nSPS) is 17.2. The van der Waals surface area contributed by atoms with E-state index in [1.807, 2.05) is 0 Å². The van der Waals surface area contributed by atoms with Gasteiger partial charge in [-0.3, -0.25) is 4.90 Å². The van der Waals surface area contributed by atoms with Crippen LogP contribution in [0.4, 0.5) is 5.82 Å². The third-order valence-electron chi connectivity index (χ3n) is 2.78. The number of nitro groups is 1. The summed E-state index contributed by atoms with van der Waals surface area (Å²) in [6.07, 6.45) is 2.59. The molecule has 1 aromatic heterocycles. The highest BCUT2D eigenvalue weighted by atomic mass is 16.6. The number of ether oxygens (including phenoxy) is 1. The fraction of sp³-hybridized carbons (Fsp3) is 0.700. The molecule has 94 valence electrons. The third-order valence-corrected chi connectivity index (χ3v) is 2.78. The van der Waals surface area contributed by atoms with Crippen molar-refractivity contribution < 1.29 is 9.66 Å². The van der Waals surface area contributed by atoms with Crippen LogP contribution in [0.1, 0.15) is 6.42 Å². The predicted molar refractivity (Wildman–Crippen MR) is 60.8 cm³/mol. The molecule has 0 saturated carbocycles. The highest BCUT2D eigenvalue weighted by Gasteiger charge is 2.12. The van der Waals surface area contributed by atoms with Crippen LogP contribution in [-0.2, 0) is 11.3 Å². The molecule has 0 radical (unpaired) electrons. The van der Waals surface area contributed by atoms with Crippen molar-refractivity contribution in [3.05, 3.63) is 22.4 Å². The van der Waals surface area contributed by atoms with E-state index in [2.05, 4.69) is 10.00 Å². The molecule has 7 nitrogen and oxygen atoms in total. The first-order valence-electron chi connectivity index (χ1n) is 5.73. The molecular formula is C10H16N4O3. The van der Waals surface area contributed by atoms with Crippen molar-refractivity contribution in [2.45, 2.75) is 13.0 Å². The van der Waals surface area contributed by atoms with Gasteiger partial charge < -0.3 is 14.9 Å². The van der Waals surface area contributed by atoms with Crippen molar-refractivity contribution >= 4 is 5.82 Å². The summed E-state index contributed by atoms with van der Waals surface area (Å²) in [6.45, 7) is 5.24. The summed E-state index contributed by atoms with van der Waals surface area (Å²) in [4.78, 5) is 12.3. The number of aromatic nitrogens is 2. The summed E-state index contributed by atoms with van der Waals surface area (Å²) in [5.41, 5.74) is 0. The Hall–Kier alpha value is -1.47. The quantitative estimate of drug-likeness (QED) is 0.554. The van der Waals surface area contributed by atoms with Crippen LogP contribution < -0.4 is 0 Å². The number of rotatable bonds is 5. The molecule has 1 aromatic rings. The van der Waals surface area contributed by atoms with E-state index in [0.717, 1.165) is 39.3 Å². The summed E-state index contributed by atoms with van der Waals surface area (Å²) in [6, 6.07) is 1.43. The van der Waals surface area contributed by atoms with Crippen LogP contribution >= 0.6 is 0 Å². The largest absolute Gasteiger partial charge is 0.389 e. The minimum atomic E-state index is -0.474. The summed E-state index contributed by atoms with van der Waals surface area (Å²) >= 11 is 0. The molecule has 2 heterocycles. The van der Waals surface area contributed by atoms with Crippen LogP contribution in [0.15, 0.2) is 12.3 Å². The Kier molecular flexibility index (Phi) is 4.05. The van der Waals surface area contributed by atoms with Gasteiger partial charge in [-0.05, 0) is 11.3 Å². The van der Waals surface area contributed by atoms with Gasteiger partial charge in [0.15, 0.2) is 0 Å². The Bertz CT molecular complexity index is 373. The highest BCUT2D eigenvalue weighted by Crippen LogP contribution is 2.06. The molecule has 0 bridgehead atoms. The second-order valence-corrected chi connectivity index (χ2v) is 4.00. The van der Waals surface area contributed by atoms with E-state index in [4.69, 9.17) is 4.74 Å². The lowest BCUT2D eigenvalue weighted by atomic mass is 10.3. The van der Waals surface area contributed by atoms with Crippen LogP contribution in [0.25, 0.3) is 0 Å². The monoisotopic (exact) mass is 240 g/mol. The lowest BCUT2D eigenvalue weighted by Gasteiger charge is -2.26.